The summed E-state index contributed by atoms with van der Waals surface area (Å²) in [7, 11) is 4.05. The van der Waals surface area contributed by atoms with Gasteiger partial charge in [-0.2, -0.15) is 11.8 Å². The van der Waals surface area contributed by atoms with E-state index in [9.17, 15) is 4.79 Å². The smallest absolute Gasteiger partial charge is 0.233 e. The standard InChI is InChI=1S/C20H24N2O4S2/c1-21(2)10-14-6-7-15(26-14)11-27-9-8-22-18(23)12-28-20(22)16-4-3-5-17-19(16)25-13-24-17/h3-7,20H,8-13H2,1-2H3. The van der Waals surface area contributed by atoms with E-state index in [1.807, 2.05) is 49.3 Å². The highest BCUT2D eigenvalue weighted by Gasteiger charge is 2.35. The third-order valence-electron chi connectivity index (χ3n) is 4.57. The van der Waals surface area contributed by atoms with Gasteiger partial charge < -0.3 is 23.7 Å². The van der Waals surface area contributed by atoms with E-state index in [0.29, 0.717) is 12.3 Å². The molecule has 1 fully saturated rings. The molecule has 1 aromatic carbocycles. The number of amides is 1. The van der Waals surface area contributed by atoms with Crippen molar-refractivity contribution in [3.05, 3.63) is 47.4 Å². The van der Waals surface area contributed by atoms with Crippen molar-refractivity contribution in [1.82, 2.24) is 9.80 Å². The molecule has 8 heteroatoms. The molecule has 0 radical (unpaired) electrons. The summed E-state index contributed by atoms with van der Waals surface area (Å²) in [4.78, 5) is 16.5. The van der Waals surface area contributed by atoms with E-state index in [1.54, 1.807) is 23.5 Å². The minimum atomic E-state index is -0.0138. The van der Waals surface area contributed by atoms with Crippen LogP contribution in [0.2, 0.25) is 0 Å². The van der Waals surface area contributed by atoms with Crippen molar-refractivity contribution in [2.75, 3.05) is 38.9 Å². The van der Waals surface area contributed by atoms with Crippen molar-refractivity contribution < 1.29 is 18.7 Å². The van der Waals surface area contributed by atoms with E-state index >= 15 is 0 Å². The number of rotatable bonds is 8. The summed E-state index contributed by atoms with van der Waals surface area (Å²) >= 11 is 3.43. The average molecular weight is 421 g/mol. The van der Waals surface area contributed by atoms with Crippen LogP contribution in [0, 0.1) is 0 Å². The Balaban J connectivity index is 1.33. The largest absolute Gasteiger partial charge is 0.464 e. The molecule has 1 saturated heterocycles. The molecule has 0 bridgehead atoms. The highest BCUT2D eigenvalue weighted by Crippen LogP contribution is 2.47. The van der Waals surface area contributed by atoms with Crippen LogP contribution in [-0.2, 0) is 17.1 Å². The lowest BCUT2D eigenvalue weighted by molar-refractivity contribution is -0.127. The van der Waals surface area contributed by atoms with Crippen LogP contribution in [0.15, 0.2) is 34.7 Å². The number of thioether (sulfide) groups is 2. The van der Waals surface area contributed by atoms with Gasteiger partial charge in [0, 0.05) is 17.9 Å². The second kappa shape index (κ2) is 8.71. The first-order chi connectivity index (χ1) is 13.6. The number of ether oxygens (including phenoxy) is 2. The fourth-order valence-corrected chi connectivity index (χ4v) is 5.39. The molecule has 0 spiro atoms. The summed E-state index contributed by atoms with van der Waals surface area (Å²) in [6.45, 7) is 1.75. The molecular formula is C20H24N2O4S2. The molecule has 2 aromatic rings. The monoisotopic (exact) mass is 420 g/mol. The minimum absolute atomic E-state index is 0.0138. The Bertz CT molecular complexity index is 839. The first-order valence-corrected chi connectivity index (χ1v) is 11.4. The molecule has 0 aliphatic carbocycles. The Morgan fingerprint density at radius 1 is 1.21 bits per heavy atom. The van der Waals surface area contributed by atoms with Crippen LogP contribution in [0.1, 0.15) is 22.5 Å². The summed E-state index contributed by atoms with van der Waals surface area (Å²) in [6.07, 6.45) is 0. The van der Waals surface area contributed by atoms with Crippen LogP contribution in [0.25, 0.3) is 0 Å². The minimum Gasteiger partial charge on any atom is -0.464 e. The molecule has 0 saturated carbocycles. The van der Waals surface area contributed by atoms with Gasteiger partial charge in [-0.05, 0) is 32.3 Å². The zero-order valence-electron chi connectivity index (χ0n) is 16.1. The first-order valence-electron chi connectivity index (χ1n) is 9.21. The number of para-hydroxylation sites is 1. The van der Waals surface area contributed by atoms with Crippen molar-refractivity contribution in [2.24, 2.45) is 0 Å². The lowest BCUT2D eigenvalue weighted by Crippen LogP contribution is -2.30. The van der Waals surface area contributed by atoms with Crippen molar-refractivity contribution in [2.45, 2.75) is 17.7 Å². The summed E-state index contributed by atoms with van der Waals surface area (Å²) < 4.78 is 17.0. The highest BCUT2D eigenvalue weighted by molar-refractivity contribution is 8.00. The van der Waals surface area contributed by atoms with E-state index in [4.69, 9.17) is 13.9 Å². The maximum Gasteiger partial charge on any atom is 0.233 e. The third kappa shape index (κ3) is 4.29. The quantitative estimate of drug-likeness (QED) is 0.605. The first kappa shape index (κ1) is 19.5. The summed E-state index contributed by atoms with van der Waals surface area (Å²) in [6, 6.07) is 9.96. The predicted octanol–water partition coefficient (Wildman–Crippen LogP) is 3.58. The van der Waals surface area contributed by atoms with Crippen LogP contribution >= 0.6 is 23.5 Å². The zero-order valence-corrected chi connectivity index (χ0v) is 17.7. The van der Waals surface area contributed by atoms with Gasteiger partial charge in [0.1, 0.15) is 16.9 Å². The number of benzene rings is 1. The molecule has 6 nitrogen and oxygen atoms in total. The topological polar surface area (TPSA) is 55.2 Å². The van der Waals surface area contributed by atoms with Gasteiger partial charge in [0.05, 0.1) is 18.1 Å². The Morgan fingerprint density at radius 3 is 2.93 bits per heavy atom. The summed E-state index contributed by atoms with van der Waals surface area (Å²) in [5, 5.41) is -0.0138. The van der Waals surface area contributed by atoms with Crippen LogP contribution in [-0.4, -0.2) is 54.6 Å². The van der Waals surface area contributed by atoms with Gasteiger partial charge in [-0.15, -0.1) is 11.8 Å². The predicted molar refractivity (Wildman–Crippen MR) is 112 cm³/mol. The number of carbonyl (C=O) groups excluding carboxylic acids is 1. The van der Waals surface area contributed by atoms with Crippen LogP contribution < -0.4 is 9.47 Å². The maximum absolute atomic E-state index is 12.4. The molecule has 1 unspecified atom stereocenters. The van der Waals surface area contributed by atoms with Gasteiger partial charge in [0.2, 0.25) is 12.7 Å². The molecule has 150 valence electrons. The second-order valence-corrected chi connectivity index (χ2v) is 9.16. The highest BCUT2D eigenvalue weighted by atomic mass is 32.2. The van der Waals surface area contributed by atoms with E-state index in [2.05, 4.69) is 4.90 Å². The fourth-order valence-electron chi connectivity index (χ4n) is 3.33. The third-order valence-corrected chi connectivity index (χ3v) is 6.77. The second-order valence-electron chi connectivity index (χ2n) is 6.99. The van der Waals surface area contributed by atoms with E-state index in [-0.39, 0.29) is 18.1 Å². The van der Waals surface area contributed by atoms with E-state index in [1.165, 1.54) is 0 Å². The lowest BCUT2D eigenvalue weighted by atomic mass is 10.1. The fraction of sp³-hybridized carbons (Fsp3) is 0.450. The van der Waals surface area contributed by atoms with Gasteiger partial charge in [0.15, 0.2) is 11.5 Å². The molecule has 1 amide bonds. The molecule has 2 aliphatic heterocycles. The van der Waals surface area contributed by atoms with Crippen LogP contribution in [0.5, 0.6) is 11.5 Å². The van der Waals surface area contributed by atoms with Gasteiger partial charge in [0.25, 0.3) is 0 Å². The van der Waals surface area contributed by atoms with Gasteiger partial charge in [-0.1, -0.05) is 12.1 Å². The van der Waals surface area contributed by atoms with Crippen LogP contribution in [0.4, 0.5) is 0 Å². The average Bonchev–Trinajstić information content (AvgIpc) is 3.38. The number of fused-ring (bicyclic) bond motifs is 1. The van der Waals surface area contributed by atoms with Gasteiger partial charge >= 0.3 is 0 Å². The number of hydrogen-bond acceptors (Lipinski definition) is 7. The Hall–Kier alpha value is -1.77. The Kier molecular flexibility index (Phi) is 6.08. The van der Waals surface area contributed by atoms with Gasteiger partial charge in [-0.25, -0.2) is 0 Å². The van der Waals surface area contributed by atoms with Crippen molar-refractivity contribution in [3.8, 4) is 11.5 Å². The molecule has 2 aliphatic rings. The van der Waals surface area contributed by atoms with E-state index in [0.717, 1.165) is 46.6 Å². The summed E-state index contributed by atoms with van der Waals surface area (Å²) in [5.41, 5.74) is 1.02. The number of hydrogen-bond donors (Lipinski definition) is 0. The van der Waals surface area contributed by atoms with Crippen molar-refractivity contribution >= 4 is 29.4 Å². The molecule has 1 atom stereocenters. The molecule has 3 heterocycles. The summed E-state index contributed by atoms with van der Waals surface area (Å²) in [5.74, 6) is 5.85. The van der Waals surface area contributed by atoms with Crippen molar-refractivity contribution in [3.63, 3.8) is 0 Å². The molecule has 1 aromatic heterocycles. The van der Waals surface area contributed by atoms with Gasteiger partial charge in [-0.3, -0.25) is 4.79 Å². The number of nitrogens with zero attached hydrogens (tertiary/aromatic N) is 2. The normalized spacial score (nSPS) is 18.5. The Morgan fingerprint density at radius 2 is 2.07 bits per heavy atom. The number of carbonyl (C=O) groups is 1. The maximum atomic E-state index is 12.4. The lowest BCUT2D eigenvalue weighted by Gasteiger charge is -2.24. The SMILES string of the molecule is CN(C)Cc1ccc(CSCCN2C(=O)CSC2c2cccc3c2OCO3)o1. The number of furan rings is 1. The molecule has 0 N–H and O–H groups in total. The van der Waals surface area contributed by atoms with Crippen LogP contribution in [0.3, 0.4) is 0 Å². The molecular weight excluding hydrogens is 396 g/mol. The van der Waals surface area contributed by atoms with Crippen molar-refractivity contribution in [1.29, 1.82) is 0 Å². The Labute approximate surface area is 173 Å². The molecule has 28 heavy (non-hydrogen) atoms. The zero-order chi connectivity index (χ0) is 19.5. The van der Waals surface area contributed by atoms with E-state index < -0.39 is 0 Å². The molecule has 4 rings (SSSR count).